The summed E-state index contributed by atoms with van der Waals surface area (Å²) in [5, 5.41) is 4.05. The number of anilines is 2. The number of rotatable bonds is 3. The smallest absolute Gasteiger partial charge is 0.333 e. The Hall–Kier alpha value is -6.62. The van der Waals surface area contributed by atoms with Crippen LogP contribution in [0.5, 0.6) is 0 Å². The molecule has 2 aliphatic heterocycles. The highest BCUT2D eigenvalue weighted by Gasteiger charge is 2.51. The number of benzene rings is 8. The van der Waals surface area contributed by atoms with Crippen LogP contribution in [0.2, 0.25) is 0 Å². The first kappa shape index (κ1) is 45.0. The van der Waals surface area contributed by atoms with Crippen molar-refractivity contribution in [3.05, 3.63) is 185 Å². The highest BCUT2D eigenvalue weighted by Crippen LogP contribution is 2.61. The van der Waals surface area contributed by atoms with Crippen LogP contribution in [0.15, 0.2) is 152 Å². The van der Waals surface area contributed by atoms with Crippen molar-refractivity contribution < 1.29 is 0 Å². The van der Waals surface area contributed by atoms with Gasteiger partial charge in [0.1, 0.15) is 0 Å². The Kier molecular flexibility index (Phi) is 9.12. The van der Waals surface area contributed by atoms with Crippen molar-refractivity contribution in [1.82, 2.24) is 4.57 Å². The normalized spacial score (nSPS) is 16.7. The van der Waals surface area contributed by atoms with Gasteiger partial charge >= 0.3 is 6.85 Å². The van der Waals surface area contributed by atoms with Crippen LogP contribution in [0.1, 0.15) is 129 Å². The van der Waals surface area contributed by atoms with Crippen molar-refractivity contribution in [2.45, 2.75) is 123 Å². The van der Waals surface area contributed by atoms with Gasteiger partial charge in [0.15, 0.2) is 0 Å². The summed E-state index contributed by atoms with van der Waals surface area (Å²) in [6.45, 7) is 29.0. The second-order valence-corrected chi connectivity index (χ2v) is 27.0. The van der Waals surface area contributed by atoms with Gasteiger partial charge in [-0.05, 0) is 155 Å². The fraction of sp³-hybridized carbons (Fsp3) is 0.275. The molecule has 10 aromatic rings. The zero-order valence-corrected chi connectivity index (χ0v) is 45.5. The second-order valence-electron chi connectivity index (χ2n) is 25.9. The Labute approximate surface area is 436 Å². The molecule has 360 valence electrons. The van der Waals surface area contributed by atoms with Gasteiger partial charge < -0.3 is 9.38 Å². The van der Waals surface area contributed by atoms with Crippen LogP contribution >= 0.6 is 11.3 Å². The Morgan fingerprint density at radius 3 is 1.81 bits per heavy atom. The summed E-state index contributed by atoms with van der Waals surface area (Å²) in [5.74, 6) is 0. The molecule has 73 heavy (non-hydrogen) atoms. The van der Waals surface area contributed by atoms with Gasteiger partial charge in [-0.1, -0.05) is 186 Å². The van der Waals surface area contributed by atoms with Gasteiger partial charge in [0.25, 0.3) is 0 Å². The van der Waals surface area contributed by atoms with Gasteiger partial charge in [0.2, 0.25) is 0 Å². The molecule has 0 spiro atoms. The lowest BCUT2D eigenvalue weighted by Crippen LogP contribution is -2.61. The topological polar surface area (TPSA) is 8.17 Å². The standard InChI is InChI=1S/C69H65BN2S/c1-65(2,3)42-27-30-44(31-28-42)72-54-38-51-50(67(7,8)33-34-68(51,9)10)36-47(54)60-61-58(45-25-19-20-26-49(45)69(61,11)12)59-46-35-43(66(4,5)6)29-32-53(46)71-55-37-48-56(39-52(55)70(72)62(60)63(59)71)73-64(41-23-17-14-18-24-41)57(48)40-21-15-13-16-22-40/h13-32,35-39H,33-34H2,1-12H3. The molecule has 4 heteroatoms. The summed E-state index contributed by atoms with van der Waals surface area (Å²) in [7, 11) is 0. The summed E-state index contributed by atoms with van der Waals surface area (Å²) in [6, 6.07) is 59.4. The van der Waals surface area contributed by atoms with E-state index >= 15 is 0 Å². The fourth-order valence-corrected chi connectivity index (χ4v) is 15.3. The van der Waals surface area contributed by atoms with Crippen LogP contribution in [0, 0.1) is 0 Å². The molecule has 4 heterocycles. The summed E-state index contributed by atoms with van der Waals surface area (Å²) < 4.78 is 4.06. The molecule has 0 fully saturated rings. The molecule has 0 unspecified atom stereocenters. The van der Waals surface area contributed by atoms with Crippen LogP contribution in [-0.2, 0) is 27.1 Å². The van der Waals surface area contributed by atoms with E-state index < -0.39 is 0 Å². The van der Waals surface area contributed by atoms with Crippen molar-refractivity contribution in [2.75, 3.05) is 4.81 Å². The average molecular weight is 965 g/mol. The van der Waals surface area contributed by atoms with Gasteiger partial charge in [-0.15, -0.1) is 11.3 Å². The van der Waals surface area contributed by atoms with E-state index in [1.54, 1.807) is 0 Å². The fourth-order valence-electron chi connectivity index (χ4n) is 14.1. The molecule has 14 rings (SSSR count). The van der Waals surface area contributed by atoms with Crippen molar-refractivity contribution >= 4 is 72.4 Å². The van der Waals surface area contributed by atoms with E-state index in [-0.39, 0.29) is 33.9 Å². The number of aromatic nitrogens is 1. The van der Waals surface area contributed by atoms with E-state index in [9.17, 15) is 0 Å². The van der Waals surface area contributed by atoms with Crippen LogP contribution < -0.4 is 15.7 Å². The minimum atomic E-state index is -0.266. The van der Waals surface area contributed by atoms with Crippen molar-refractivity contribution in [3.8, 4) is 49.5 Å². The Balaban J connectivity index is 1.22. The maximum Gasteiger partial charge on any atom is 0.333 e. The van der Waals surface area contributed by atoms with Crippen LogP contribution in [0.25, 0.3) is 81.4 Å². The van der Waals surface area contributed by atoms with E-state index in [2.05, 4.69) is 244 Å². The summed E-state index contributed by atoms with van der Waals surface area (Å²) in [5.41, 5.74) is 27.1. The average Bonchev–Trinajstić information content (AvgIpc) is 4.02. The first-order valence-corrected chi connectivity index (χ1v) is 27.7. The Morgan fingerprint density at radius 2 is 1.14 bits per heavy atom. The van der Waals surface area contributed by atoms with Gasteiger partial charge in [-0.2, -0.15) is 0 Å². The number of hydrogen-bond donors (Lipinski definition) is 0. The first-order chi connectivity index (χ1) is 34.7. The zero-order chi connectivity index (χ0) is 50.5. The zero-order valence-electron chi connectivity index (χ0n) is 44.7. The minimum absolute atomic E-state index is 0.0227. The first-order valence-electron chi connectivity index (χ1n) is 26.8. The molecular weight excluding hydrogens is 900 g/mol. The molecule has 4 aliphatic rings. The van der Waals surface area contributed by atoms with E-state index in [1.807, 2.05) is 11.3 Å². The molecule has 0 saturated heterocycles. The highest BCUT2D eigenvalue weighted by molar-refractivity contribution is 7.23. The maximum atomic E-state index is 2.80. The van der Waals surface area contributed by atoms with Crippen molar-refractivity contribution in [1.29, 1.82) is 0 Å². The molecule has 2 nitrogen and oxygen atoms in total. The predicted molar refractivity (Wildman–Crippen MR) is 316 cm³/mol. The van der Waals surface area contributed by atoms with E-state index in [0.29, 0.717) is 0 Å². The number of thiophene rings is 1. The van der Waals surface area contributed by atoms with E-state index in [1.165, 1.54) is 137 Å². The third-order valence-electron chi connectivity index (χ3n) is 18.1. The van der Waals surface area contributed by atoms with Gasteiger partial charge in [0.05, 0.1) is 11.0 Å². The molecule has 0 atom stereocenters. The number of nitrogens with zero attached hydrogens (tertiary/aromatic N) is 2. The highest BCUT2D eigenvalue weighted by atomic mass is 32.1. The molecule has 2 aromatic heterocycles. The summed E-state index contributed by atoms with van der Waals surface area (Å²) >= 11 is 1.95. The van der Waals surface area contributed by atoms with Crippen LogP contribution in [-0.4, -0.2) is 11.4 Å². The summed E-state index contributed by atoms with van der Waals surface area (Å²) in [6.07, 6.45) is 2.32. The molecular formula is C69H65BN2S. The van der Waals surface area contributed by atoms with Gasteiger partial charge in [-0.25, -0.2) is 0 Å². The monoisotopic (exact) mass is 964 g/mol. The molecule has 0 bridgehead atoms. The predicted octanol–water partition coefficient (Wildman–Crippen LogP) is 17.8. The van der Waals surface area contributed by atoms with E-state index in [4.69, 9.17) is 0 Å². The molecule has 2 aliphatic carbocycles. The quantitative estimate of drug-likeness (QED) is 0.160. The van der Waals surface area contributed by atoms with Crippen molar-refractivity contribution in [3.63, 3.8) is 0 Å². The van der Waals surface area contributed by atoms with Gasteiger partial charge in [-0.3, -0.25) is 0 Å². The van der Waals surface area contributed by atoms with Crippen LogP contribution in [0.3, 0.4) is 0 Å². The minimum Gasteiger partial charge on any atom is -0.376 e. The third-order valence-corrected chi connectivity index (χ3v) is 19.3. The Morgan fingerprint density at radius 1 is 0.521 bits per heavy atom. The lowest BCUT2D eigenvalue weighted by molar-refractivity contribution is 0.332. The van der Waals surface area contributed by atoms with Gasteiger partial charge in [0, 0.05) is 59.3 Å². The molecule has 8 aromatic carbocycles. The molecule has 0 N–H and O–H groups in total. The molecule has 0 amide bonds. The SMILES string of the molecule is CC(C)(C)c1ccc(N2B3c4cc5sc(-c6ccccc6)c(-c6ccccc6)c5cc4-n4c5ccc(C(C)(C)C)cc5c5c6c(c(c3c54)-c3cc4c(cc32)C(C)(C)CCC4(C)C)C(C)(C)c2ccccc2-6)cc1. The number of hydrogen-bond acceptors (Lipinski definition) is 2. The van der Waals surface area contributed by atoms with Crippen molar-refractivity contribution in [2.24, 2.45) is 0 Å². The van der Waals surface area contributed by atoms with E-state index in [0.717, 1.165) is 12.8 Å². The third kappa shape index (κ3) is 6.17. The summed E-state index contributed by atoms with van der Waals surface area (Å²) in [4.78, 5) is 4.12. The largest absolute Gasteiger partial charge is 0.376 e. The number of fused-ring (bicyclic) bond motifs is 15. The molecule has 0 radical (unpaired) electrons. The lowest BCUT2D eigenvalue weighted by atomic mass is 9.43. The molecule has 0 saturated carbocycles. The van der Waals surface area contributed by atoms with Crippen LogP contribution in [0.4, 0.5) is 11.4 Å². The maximum absolute atomic E-state index is 2.80. The lowest BCUT2D eigenvalue weighted by Gasteiger charge is -2.47. The second kappa shape index (κ2) is 14.8. The Bertz CT molecular complexity index is 4000.